The van der Waals surface area contributed by atoms with Crippen molar-refractivity contribution in [2.24, 2.45) is 0 Å². The summed E-state index contributed by atoms with van der Waals surface area (Å²) in [5.41, 5.74) is 0.357. The van der Waals surface area contributed by atoms with Crippen LogP contribution in [0.3, 0.4) is 0 Å². The molecule has 5 nitrogen and oxygen atoms in total. The Labute approximate surface area is 93.1 Å². The average Bonchev–Trinajstić information content (AvgIpc) is 2.31. The number of nitrogens with zero attached hydrogens (tertiary/aromatic N) is 2. The Morgan fingerprint density at radius 1 is 1.56 bits per heavy atom. The van der Waals surface area contributed by atoms with Crippen LogP contribution in [-0.4, -0.2) is 29.6 Å². The van der Waals surface area contributed by atoms with Gasteiger partial charge in [0, 0.05) is 6.54 Å². The third-order valence-electron chi connectivity index (χ3n) is 2.05. The number of anilines is 1. The fourth-order valence-corrected chi connectivity index (χ4v) is 1.16. The summed E-state index contributed by atoms with van der Waals surface area (Å²) in [7, 11) is 1.31. The van der Waals surface area contributed by atoms with Crippen molar-refractivity contribution in [3.63, 3.8) is 0 Å². The Kier molecular flexibility index (Phi) is 4.63. The van der Waals surface area contributed by atoms with E-state index in [2.05, 4.69) is 20.0 Å². The maximum Gasteiger partial charge on any atom is 0.307 e. The van der Waals surface area contributed by atoms with Gasteiger partial charge in [0.2, 0.25) is 0 Å². The van der Waals surface area contributed by atoms with Gasteiger partial charge < -0.3 is 10.1 Å². The number of hydrogen-bond acceptors (Lipinski definition) is 5. The smallest absolute Gasteiger partial charge is 0.307 e. The summed E-state index contributed by atoms with van der Waals surface area (Å²) < 4.78 is 18.0. The molecule has 0 spiro atoms. The molecular formula is C10H14FN3O2. The molecule has 0 aliphatic heterocycles. The quantitative estimate of drug-likeness (QED) is 0.764. The predicted molar refractivity (Wildman–Crippen MR) is 56.5 cm³/mol. The molecule has 88 valence electrons. The lowest BCUT2D eigenvalue weighted by Gasteiger charge is -2.07. The van der Waals surface area contributed by atoms with Crippen LogP contribution in [0.2, 0.25) is 0 Å². The van der Waals surface area contributed by atoms with E-state index in [9.17, 15) is 9.18 Å². The second kappa shape index (κ2) is 5.99. The van der Waals surface area contributed by atoms with Crippen molar-refractivity contribution in [2.45, 2.75) is 19.8 Å². The standard InChI is InChI=1S/C10H14FN3O2/c1-3-7-9(11)10(14-6-13-7)12-5-4-8(15)16-2/h6H,3-5H2,1-2H3,(H,12,13,14). The molecule has 0 atom stereocenters. The third kappa shape index (κ3) is 3.15. The monoisotopic (exact) mass is 227 g/mol. The van der Waals surface area contributed by atoms with E-state index in [0.29, 0.717) is 12.1 Å². The first-order chi connectivity index (χ1) is 7.69. The largest absolute Gasteiger partial charge is 0.469 e. The second-order valence-electron chi connectivity index (χ2n) is 3.09. The molecule has 0 fully saturated rings. The third-order valence-corrected chi connectivity index (χ3v) is 2.05. The van der Waals surface area contributed by atoms with Crippen molar-refractivity contribution in [2.75, 3.05) is 19.0 Å². The normalized spacial score (nSPS) is 9.94. The molecule has 0 amide bonds. The minimum absolute atomic E-state index is 0.121. The Morgan fingerprint density at radius 3 is 2.94 bits per heavy atom. The van der Waals surface area contributed by atoms with Gasteiger partial charge in [0.05, 0.1) is 19.2 Å². The van der Waals surface area contributed by atoms with Crippen LogP contribution in [0.5, 0.6) is 0 Å². The molecule has 1 heterocycles. The molecule has 16 heavy (non-hydrogen) atoms. The number of rotatable bonds is 5. The summed E-state index contributed by atoms with van der Waals surface area (Å²) in [5.74, 6) is -0.691. The number of carbonyl (C=O) groups excluding carboxylic acids is 1. The Balaban J connectivity index is 2.57. The first kappa shape index (κ1) is 12.4. The summed E-state index contributed by atoms with van der Waals surface area (Å²) in [5, 5.41) is 2.73. The Bertz CT molecular complexity index is 371. The van der Waals surface area contributed by atoms with E-state index < -0.39 is 5.82 Å². The van der Waals surface area contributed by atoms with Crippen molar-refractivity contribution in [3.05, 3.63) is 17.8 Å². The van der Waals surface area contributed by atoms with Crippen LogP contribution < -0.4 is 5.32 Å². The van der Waals surface area contributed by atoms with Crippen molar-refractivity contribution in [3.8, 4) is 0 Å². The number of nitrogens with one attached hydrogen (secondary N) is 1. The topological polar surface area (TPSA) is 64.1 Å². The van der Waals surface area contributed by atoms with Gasteiger partial charge in [0.15, 0.2) is 11.6 Å². The van der Waals surface area contributed by atoms with Crippen LogP contribution in [-0.2, 0) is 16.0 Å². The van der Waals surface area contributed by atoms with Gasteiger partial charge in [-0.25, -0.2) is 14.4 Å². The van der Waals surface area contributed by atoms with Gasteiger partial charge >= 0.3 is 5.97 Å². The first-order valence-electron chi connectivity index (χ1n) is 4.99. The van der Waals surface area contributed by atoms with E-state index >= 15 is 0 Å². The molecule has 0 saturated heterocycles. The van der Waals surface area contributed by atoms with Crippen LogP contribution >= 0.6 is 0 Å². The van der Waals surface area contributed by atoms with Crippen LogP contribution in [0.1, 0.15) is 19.0 Å². The summed E-state index contributed by atoms with van der Waals surface area (Å²) in [6.45, 7) is 2.09. The molecule has 0 bridgehead atoms. The molecule has 1 N–H and O–H groups in total. The zero-order valence-electron chi connectivity index (χ0n) is 9.29. The highest BCUT2D eigenvalue weighted by molar-refractivity contribution is 5.69. The van der Waals surface area contributed by atoms with Gasteiger partial charge in [-0.05, 0) is 6.42 Å². The molecule has 0 unspecified atom stereocenters. The van der Waals surface area contributed by atoms with E-state index in [0.717, 1.165) is 0 Å². The van der Waals surface area contributed by atoms with Crippen molar-refractivity contribution in [1.29, 1.82) is 0 Å². The number of methoxy groups -OCH3 is 1. The van der Waals surface area contributed by atoms with Gasteiger partial charge in [-0.15, -0.1) is 0 Å². The number of ether oxygens (including phenoxy) is 1. The van der Waals surface area contributed by atoms with Gasteiger partial charge in [0.1, 0.15) is 6.33 Å². The molecular weight excluding hydrogens is 213 g/mol. The molecule has 1 aromatic heterocycles. The van der Waals surface area contributed by atoms with Crippen molar-refractivity contribution in [1.82, 2.24) is 9.97 Å². The Hall–Kier alpha value is -1.72. The number of hydrogen-bond donors (Lipinski definition) is 1. The molecule has 1 rings (SSSR count). The van der Waals surface area contributed by atoms with Crippen LogP contribution in [0.15, 0.2) is 6.33 Å². The molecule has 0 aliphatic rings. The second-order valence-corrected chi connectivity index (χ2v) is 3.09. The van der Waals surface area contributed by atoms with Crippen LogP contribution in [0.4, 0.5) is 10.2 Å². The van der Waals surface area contributed by atoms with Crippen molar-refractivity contribution >= 4 is 11.8 Å². The zero-order chi connectivity index (χ0) is 12.0. The highest BCUT2D eigenvalue weighted by Gasteiger charge is 2.09. The van der Waals surface area contributed by atoms with Crippen molar-refractivity contribution < 1.29 is 13.9 Å². The molecule has 0 aliphatic carbocycles. The molecule has 0 radical (unpaired) electrons. The Morgan fingerprint density at radius 2 is 2.31 bits per heavy atom. The van der Waals surface area contributed by atoms with Gasteiger partial charge in [-0.3, -0.25) is 4.79 Å². The van der Waals surface area contributed by atoms with Gasteiger partial charge in [-0.2, -0.15) is 0 Å². The summed E-state index contributed by atoms with van der Waals surface area (Å²) in [4.78, 5) is 18.4. The summed E-state index contributed by atoms with van der Waals surface area (Å²) in [6.07, 6.45) is 1.96. The van der Waals surface area contributed by atoms with E-state index in [1.165, 1.54) is 13.4 Å². The first-order valence-corrected chi connectivity index (χ1v) is 4.99. The summed E-state index contributed by atoms with van der Waals surface area (Å²) in [6, 6.07) is 0. The number of carbonyl (C=O) groups is 1. The minimum Gasteiger partial charge on any atom is -0.469 e. The van der Waals surface area contributed by atoms with Crippen LogP contribution in [0.25, 0.3) is 0 Å². The number of halogens is 1. The fraction of sp³-hybridized carbons (Fsp3) is 0.500. The molecule has 0 saturated carbocycles. The van der Waals surface area contributed by atoms with Crippen LogP contribution in [0, 0.1) is 5.82 Å². The average molecular weight is 227 g/mol. The van der Waals surface area contributed by atoms with E-state index in [1.54, 1.807) is 0 Å². The zero-order valence-corrected chi connectivity index (χ0v) is 9.29. The van der Waals surface area contributed by atoms with E-state index in [1.807, 2.05) is 6.92 Å². The van der Waals surface area contributed by atoms with Gasteiger partial charge in [-0.1, -0.05) is 6.92 Å². The lowest BCUT2D eigenvalue weighted by atomic mass is 10.3. The lowest BCUT2D eigenvalue weighted by Crippen LogP contribution is -2.12. The maximum atomic E-state index is 13.6. The molecule has 6 heteroatoms. The van der Waals surface area contributed by atoms with E-state index in [4.69, 9.17) is 0 Å². The van der Waals surface area contributed by atoms with E-state index in [-0.39, 0.29) is 24.8 Å². The van der Waals surface area contributed by atoms with Gasteiger partial charge in [0.25, 0.3) is 0 Å². The number of aromatic nitrogens is 2. The highest BCUT2D eigenvalue weighted by atomic mass is 19.1. The molecule has 1 aromatic rings. The molecule has 0 aromatic carbocycles. The summed E-state index contributed by atoms with van der Waals surface area (Å²) >= 11 is 0. The number of aryl methyl sites for hydroxylation is 1. The predicted octanol–water partition coefficient (Wildman–Crippen LogP) is 1.15. The highest BCUT2D eigenvalue weighted by Crippen LogP contribution is 2.12. The SMILES string of the molecule is CCc1ncnc(NCCC(=O)OC)c1F. The number of esters is 1. The maximum absolute atomic E-state index is 13.6. The fourth-order valence-electron chi connectivity index (χ4n) is 1.16. The lowest BCUT2D eigenvalue weighted by molar-refractivity contribution is -0.140. The minimum atomic E-state index is -0.463.